The maximum Gasteiger partial charge on any atom is 0.195 e. The summed E-state index contributed by atoms with van der Waals surface area (Å²) < 4.78 is 13.4. The fourth-order valence-electron chi connectivity index (χ4n) is 0.0481. The van der Waals surface area contributed by atoms with Gasteiger partial charge in [-0.2, -0.15) is 0 Å². The maximum atomic E-state index is 9.22. The summed E-state index contributed by atoms with van der Waals surface area (Å²) in [5.74, 6) is 0. The summed E-state index contributed by atoms with van der Waals surface area (Å²) in [5, 5.41) is 0. The molecule has 0 aliphatic carbocycles. The van der Waals surface area contributed by atoms with Crippen molar-refractivity contribution < 1.29 is 8.74 Å². The van der Waals surface area contributed by atoms with E-state index in [2.05, 4.69) is 4.18 Å². The van der Waals surface area contributed by atoms with Crippen molar-refractivity contribution in [2.24, 2.45) is 0 Å². The summed E-state index contributed by atoms with van der Waals surface area (Å²) in [7, 11) is 0. The highest BCUT2D eigenvalue weighted by molar-refractivity contribution is 7.88. The normalized spacial score (nSPS) is 8.40. The first-order valence-corrected chi connectivity index (χ1v) is 2.00. The van der Waals surface area contributed by atoms with Crippen LogP contribution in [0.3, 0.4) is 0 Å². The SMILES string of the molecule is CCOS[O]. The second-order valence-corrected chi connectivity index (χ2v) is 0.846. The highest BCUT2D eigenvalue weighted by Gasteiger charge is 1.70. The second kappa shape index (κ2) is 4.27. The Kier molecular flexibility index (Phi) is 4.50. The van der Waals surface area contributed by atoms with Crippen LogP contribution in [-0.2, 0) is 8.74 Å². The lowest BCUT2D eigenvalue weighted by molar-refractivity contribution is 0.343. The molecule has 0 aromatic heterocycles. The lowest BCUT2D eigenvalue weighted by Gasteiger charge is -1.79. The zero-order valence-electron chi connectivity index (χ0n) is 2.93. The van der Waals surface area contributed by atoms with Crippen LogP contribution in [0.25, 0.3) is 0 Å². The summed E-state index contributed by atoms with van der Waals surface area (Å²) in [6.07, 6.45) is 0. The Morgan fingerprint density at radius 1 is 2.00 bits per heavy atom. The molecule has 0 amide bonds. The van der Waals surface area contributed by atoms with Gasteiger partial charge in [0, 0.05) is 0 Å². The zero-order chi connectivity index (χ0) is 4.12. The van der Waals surface area contributed by atoms with Gasteiger partial charge in [-0.05, 0) is 6.92 Å². The Balaban J connectivity index is 2.19. The van der Waals surface area contributed by atoms with E-state index in [0.717, 1.165) is 0 Å². The van der Waals surface area contributed by atoms with Crippen LogP contribution in [0, 0.1) is 0 Å². The van der Waals surface area contributed by atoms with E-state index >= 15 is 0 Å². The van der Waals surface area contributed by atoms with E-state index in [1.165, 1.54) is 0 Å². The van der Waals surface area contributed by atoms with Gasteiger partial charge < -0.3 is 0 Å². The smallest absolute Gasteiger partial charge is 0.195 e. The molecule has 31 valence electrons. The summed E-state index contributed by atoms with van der Waals surface area (Å²) in [6, 6.07) is 0. The Morgan fingerprint density at radius 3 is 2.60 bits per heavy atom. The van der Waals surface area contributed by atoms with Gasteiger partial charge >= 0.3 is 0 Å². The number of hydrogen-bond donors (Lipinski definition) is 0. The summed E-state index contributed by atoms with van der Waals surface area (Å²) in [5.41, 5.74) is 0. The topological polar surface area (TPSA) is 29.1 Å². The quantitative estimate of drug-likeness (QED) is 0.477. The standard InChI is InChI=1S/C2H5O2S/c1-2-4-5-3/h2H2,1H3. The second-order valence-electron chi connectivity index (χ2n) is 0.475. The van der Waals surface area contributed by atoms with Crippen LogP contribution in [0.1, 0.15) is 6.92 Å². The van der Waals surface area contributed by atoms with E-state index < -0.39 is 0 Å². The summed E-state index contributed by atoms with van der Waals surface area (Å²) in [4.78, 5) is 0. The fourth-order valence-corrected chi connectivity index (χ4v) is 0.144. The lowest BCUT2D eigenvalue weighted by Crippen LogP contribution is -1.70. The van der Waals surface area contributed by atoms with E-state index in [1.807, 2.05) is 0 Å². The molecule has 0 saturated carbocycles. The van der Waals surface area contributed by atoms with Crippen LogP contribution in [0.15, 0.2) is 0 Å². The van der Waals surface area contributed by atoms with Crippen molar-refractivity contribution in [3.8, 4) is 0 Å². The van der Waals surface area contributed by atoms with Gasteiger partial charge in [0.2, 0.25) is 0 Å². The Bertz CT molecular complexity index is 15.1. The van der Waals surface area contributed by atoms with Crippen molar-refractivity contribution in [2.75, 3.05) is 6.61 Å². The van der Waals surface area contributed by atoms with Gasteiger partial charge in [0.1, 0.15) is 0 Å². The summed E-state index contributed by atoms with van der Waals surface area (Å²) >= 11 is 0.152. The molecule has 0 bridgehead atoms. The Morgan fingerprint density at radius 2 is 2.60 bits per heavy atom. The highest BCUT2D eigenvalue weighted by Crippen LogP contribution is 1.90. The minimum atomic E-state index is 0.152. The first kappa shape index (κ1) is 5.27. The van der Waals surface area contributed by atoms with Crippen LogP contribution < -0.4 is 0 Å². The molecule has 2 nitrogen and oxygen atoms in total. The highest BCUT2D eigenvalue weighted by atomic mass is 32.2. The molecule has 0 unspecified atom stereocenters. The molecule has 0 heterocycles. The van der Waals surface area contributed by atoms with E-state index in [-0.39, 0.29) is 12.3 Å². The molecular formula is C2H5O2S. The van der Waals surface area contributed by atoms with Gasteiger partial charge in [-0.25, -0.2) is 0 Å². The van der Waals surface area contributed by atoms with E-state index in [9.17, 15) is 4.55 Å². The third-order valence-electron chi connectivity index (χ3n) is 0.166. The van der Waals surface area contributed by atoms with Crippen molar-refractivity contribution in [2.45, 2.75) is 6.92 Å². The number of rotatable bonds is 2. The predicted octanol–water partition coefficient (Wildman–Crippen LogP) is 1.02. The minimum absolute atomic E-state index is 0.152. The van der Waals surface area contributed by atoms with Gasteiger partial charge in [0.25, 0.3) is 0 Å². The first-order valence-electron chi connectivity index (χ1n) is 1.33. The molecule has 0 aromatic rings. The molecule has 0 atom stereocenters. The molecule has 3 heteroatoms. The van der Waals surface area contributed by atoms with Crippen LogP contribution in [0.2, 0.25) is 0 Å². The maximum absolute atomic E-state index is 9.22. The van der Waals surface area contributed by atoms with Crippen molar-refractivity contribution in [1.82, 2.24) is 0 Å². The van der Waals surface area contributed by atoms with Gasteiger partial charge in [0.15, 0.2) is 12.3 Å². The molecule has 0 N–H and O–H groups in total. The average Bonchev–Trinajstić information content (AvgIpc) is 1.41. The molecule has 0 saturated heterocycles. The Labute approximate surface area is 35.6 Å². The molecule has 0 aliphatic rings. The first-order chi connectivity index (χ1) is 2.41. The molecule has 5 heavy (non-hydrogen) atoms. The van der Waals surface area contributed by atoms with Crippen molar-refractivity contribution >= 4 is 12.3 Å². The van der Waals surface area contributed by atoms with Crippen LogP contribution in [0.5, 0.6) is 0 Å². The molecule has 0 spiro atoms. The minimum Gasteiger partial charge on any atom is -0.290 e. The Hall–Kier alpha value is 0.270. The van der Waals surface area contributed by atoms with E-state index in [0.29, 0.717) is 6.61 Å². The molecule has 0 fully saturated rings. The molecule has 0 aromatic carbocycles. The third kappa shape index (κ3) is 4.27. The third-order valence-corrected chi connectivity index (χ3v) is 0.498. The van der Waals surface area contributed by atoms with E-state index in [4.69, 9.17) is 0 Å². The van der Waals surface area contributed by atoms with Crippen molar-refractivity contribution in [3.63, 3.8) is 0 Å². The van der Waals surface area contributed by atoms with Crippen molar-refractivity contribution in [1.29, 1.82) is 0 Å². The fraction of sp³-hybridized carbons (Fsp3) is 1.00. The van der Waals surface area contributed by atoms with Gasteiger partial charge in [-0.1, -0.05) is 0 Å². The monoisotopic (exact) mass is 93.0 g/mol. The summed E-state index contributed by atoms with van der Waals surface area (Å²) in [6.45, 7) is 2.26. The van der Waals surface area contributed by atoms with Crippen LogP contribution in [0.4, 0.5) is 0 Å². The molecular weight excluding hydrogens is 88.1 g/mol. The lowest BCUT2D eigenvalue weighted by atomic mass is 10.9. The van der Waals surface area contributed by atoms with Crippen LogP contribution in [-0.4, -0.2) is 6.61 Å². The van der Waals surface area contributed by atoms with Gasteiger partial charge in [-0.3, -0.25) is 4.18 Å². The number of hydrogen-bond acceptors (Lipinski definition) is 2. The zero-order valence-corrected chi connectivity index (χ0v) is 3.75. The molecule has 0 aliphatic heterocycles. The van der Waals surface area contributed by atoms with Gasteiger partial charge in [-0.15, -0.1) is 4.55 Å². The predicted molar refractivity (Wildman–Crippen MR) is 19.9 cm³/mol. The van der Waals surface area contributed by atoms with Crippen molar-refractivity contribution in [3.05, 3.63) is 0 Å². The molecule has 0 rings (SSSR count). The largest absolute Gasteiger partial charge is 0.290 e. The van der Waals surface area contributed by atoms with Crippen LogP contribution >= 0.6 is 12.3 Å². The van der Waals surface area contributed by atoms with Gasteiger partial charge in [0.05, 0.1) is 6.61 Å². The molecule has 1 radical (unpaired) electrons. The van der Waals surface area contributed by atoms with E-state index in [1.54, 1.807) is 6.92 Å². The average molecular weight is 93.1 g/mol.